The Hall–Kier alpha value is -0.600. The fourth-order valence-corrected chi connectivity index (χ4v) is 2.61. The molecule has 0 bridgehead atoms. The molecule has 1 fully saturated rings. The van der Waals surface area contributed by atoms with Crippen LogP contribution in [0.5, 0.6) is 0 Å². The average molecular weight is 225 g/mol. The molecule has 1 unspecified atom stereocenters. The maximum absolute atomic E-state index is 6.22. The first-order chi connectivity index (χ1) is 7.29. The second-order valence-electron chi connectivity index (χ2n) is 4.29. The summed E-state index contributed by atoms with van der Waals surface area (Å²) in [4.78, 5) is 4.30. The standard InChI is InChI=1S/C12H17ClN2/c13-10-7-4-8-15-12(10)11(14)9-5-2-1-3-6-9/h4,7-9,11H,1-3,5-6,14H2. The summed E-state index contributed by atoms with van der Waals surface area (Å²) < 4.78 is 0. The van der Waals surface area contributed by atoms with Gasteiger partial charge in [-0.05, 0) is 30.9 Å². The molecule has 1 aromatic heterocycles. The van der Waals surface area contributed by atoms with Crippen molar-refractivity contribution in [3.8, 4) is 0 Å². The van der Waals surface area contributed by atoms with Crippen LogP contribution in [0, 0.1) is 5.92 Å². The van der Waals surface area contributed by atoms with Gasteiger partial charge in [0.15, 0.2) is 0 Å². The largest absolute Gasteiger partial charge is 0.322 e. The van der Waals surface area contributed by atoms with Crippen molar-refractivity contribution in [3.63, 3.8) is 0 Å². The van der Waals surface area contributed by atoms with E-state index >= 15 is 0 Å². The smallest absolute Gasteiger partial charge is 0.0759 e. The molecule has 0 radical (unpaired) electrons. The maximum atomic E-state index is 6.22. The van der Waals surface area contributed by atoms with Gasteiger partial charge in [0.05, 0.1) is 16.8 Å². The number of hydrogen-bond acceptors (Lipinski definition) is 2. The van der Waals surface area contributed by atoms with Crippen molar-refractivity contribution in [1.82, 2.24) is 4.98 Å². The fourth-order valence-electron chi connectivity index (χ4n) is 2.36. The summed E-state index contributed by atoms with van der Waals surface area (Å²) in [5, 5.41) is 0.704. The van der Waals surface area contributed by atoms with Crippen molar-refractivity contribution >= 4 is 11.6 Å². The van der Waals surface area contributed by atoms with Crippen molar-refractivity contribution < 1.29 is 0 Å². The lowest BCUT2D eigenvalue weighted by Gasteiger charge is -2.27. The van der Waals surface area contributed by atoms with Crippen LogP contribution in [0.25, 0.3) is 0 Å². The molecule has 0 spiro atoms. The molecule has 1 saturated carbocycles. The van der Waals surface area contributed by atoms with E-state index in [1.807, 2.05) is 12.1 Å². The first kappa shape index (κ1) is 10.9. The van der Waals surface area contributed by atoms with Crippen LogP contribution in [0.4, 0.5) is 0 Å². The highest BCUT2D eigenvalue weighted by molar-refractivity contribution is 6.31. The van der Waals surface area contributed by atoms with E-state index in [-0.39, 0.29) is 6.04 Å². The Balaban J connectivity index is 2.12. The van der Waals surface area contributed by atoms with Gasteiger partial charge in [-0.15, -0.1) is 0 Å². The molecule has 0 aliphatic heterocycles. The fraction of sp³-hybridized carbons (Fsp3) is 0.583. The van der Waals surface area contributed by atoms with Crippen LogP contribution in [0.2, 0.25) is 5.02 Å². The predicted molar refractivity (Wildman–Crippen MR) is 62.8 cm³/mol. The Labute approximate surface area is 95.8 Å². The van der Waals surface area contributed by atoms with E-state index in [1.165, 1.54) is 32.1 Å². The van der Waals surface area contributed by atoms with E-state index in [2.05, 4.69) is 4.98 Å². The molecule has 82 valence electrons. The molecule has 1 heterocycles. The van der Waals surface area contributed by atoms with Gasteiger partial charge < -0.3 is 5.73 Å². The third-order valence-electron chi connectivity index (χ3n) is 3.26. The van der Waals surface area contributed by atoms with Crippen molar-refractivity contribution in [1.29, 1.82) is 0 Å². The Morgan fingerprint density at radius 2 is 2.07 bits per heavy atom. The van der Waals surface area contributed by atoms with Gasteiger partial charge >= 0.3 is 0 Å². The summed E-state index contributed by atoms with van der Waals surface area (Å²) in [6.45, 7) is 0. The number of nitrogens with zero attached hydrogens (tertiary/aromatic N) is 1. The van der Waals surface area contributed by atoms with Crippen LogP contribution >= 0.6 is 11.6 Å². The summed E-state index contributed by atoms with van der Waals surface area (Å²) in [6.07, 6.45) is 8.14. The van der Waals surface area contributed by atoms with Gasteiger partial charge in [0, 0.05) is 6.20 Å². The SMILES string of the molecule is NC(c1ncccc1Cl)C1CCCCC1. The number of halogens is 1. The lowest BCUT2D eigenvalue weighted by atomic mass is 9.83. The van der Waals surface area contributed by atoms with E-state index < -0.39 is 0 Å². The molecule has 1 atom stereocenters. The number of rotatable bonds is 2. The number of nitrogens with two attached hydrogens (primary N) is 1. The van der Waals surface area contributed by atoms with Crippen molar-refractivity contribution in [2.24, 2.45) is 11.7 Å². The minimum absolute atomic E-state index is 0.0130. The molecule has 3 heteroatoms. The number of pyridine rings is 1. The minimum atomic E-state index is 0.0130. The van der Waals surface area contributed by atoms with Crippen LogP contribution in [-0.4, -0.2) is 4.98 Å². The minimum Gasteiger partial charge on any atom is -0.322 e. The molecule has 1 aliphatic carbocycles. The Morgan fingerprint density at radius 3 is 2.73 bits per heavy atom. The molecule has 1 aliphatic rings. The van der Waals surface area contributed by atoms with Crippen LogP contribution < -0.4 is 5.73 Å². The Bertz CT molecular complexity index is 321. The van der Waals surface area contributed by atoms with Crippen LogP contribution in [0.3, 0.4) is 0 Å². The summed E-state index contributed by atoms with van der Waals surface area (Å²) in [5.41, 5.74) is 7.09. The van der Waals surface area contributed by atoms with Crippen LogP contribution in [-0.2, 0) is 0 Å². The Kier molecular flexibility index (Phi) is 3.60. The van der Waals surface area contributed by atoms with Gasteiger partial charge in [-0.1, -0.05) is 30.9 Å². The van der Waals surface area contributed by atoms with E-state index in [1.54, 1.807) is 6.20 Å². The number of aromatic nitrogens is 1. The van der Waals surface area contributed by atoms with Gasteiger partial charge in [0.1, 0.15) is 0 Å². The monoisotopic (exact) mass is 224 g/mol. The normalized spacial score (nSPS) is 20.1. The Morgan fingerprint density at radius 1 is 1.33 bits per heavy atom. The average Bonchev–Trinajstić information content (AvgIpc) is 2.30. The molecular formula is C12H17ClN2. The van der Waals surface area contributed by atoms with Gasteiger partial charge in [0.2, 0.25) is 0 Å². The zero-order chi connectivity index (χ0) is 10.7. The van der Waals surface area contributed by atoms with Gasteiger partial charge in [-0.2, -0.15) is 0 Å². The van der Waals surface area contributed by atoms with Crippen molar-refractivity contribution in [2.45, 2.75) is 38.1 Å². The summed E-state index contributed by atoms with van der Waals surface area (Å²) in [7, 11) is 0. The van der Waals surface area contributed by atoms with Gasteiger partial charge in [-0.3, -0.25) is 4.98 Å². The topological polar surface area (TPSA) is 38.9 Å². The lowest BCUT2D eigenvalue weighted by molar-refractivity contribution is 0.305. The molecule has 2 rings (SSSR count). The van der Waals surface area contributed by atoms with E-state index in [9.17, 15) is 0 Å². The van der Waals surface area contributed by atoms with Crippen LogP contribution in [0.15, 0.2) is 18.3 Å². The highest BCUT2D eigenvalue weighted by Gasteiger charge is 2.24. The predicted octanol–water partition coefficient (Wildman–Crippen LogP) is 3.32. The highest BCUT2D eigenvalue weighted by atomic mass is 35.5. The van der Waals surface area contributed by atoms with E-state index in [4.69, 9.17) is 17.3 Å². The summed E-state index contributed by atoms with van der Waals surface area (Å²) in [6, 6.07) is 3.73. The molecule has 15 heavy (non-hydrogen) atoms. The first-order valence-corrected chi connectivity index (χ1v) is 6.03. The molecule has 0 amide bonds. The summed E-state index contributed by atoms with van der Waals surface area (Å²) in [5.74, 6) is 0.561. The molecule has 2 N–H and O–H groups in total. The van der Waals surface area contributed by atoms with E-state index in [0.717, 1.165) is 5.69 Å². The van der Waals surface area contributed by atoms with Crippen molar-refractivity contribution in [2.75, 3.05) is 0 Å². The van der Waals surface area contributed by atoms with Crippen molar-refractivity contribution in [3.05, 3.63) is 29.0 Å². The lowest BCUT2D eigenvalue weighted by Crippen LogP contribution is -2.24. The molecular weight excluding hydrogens is 208 g/mol. The quantitative estimate of drug-likeness (QED) is 0.837. The third kappa shape index (κ3) is 2.50. The zero-order valence-corrected chi connectivity index (χ0v) is 9.58. The maximum Gasteiger partial charge on any atom is 0.0759 e. The number of hydrogen-bond donors (Lipinski definition) is 1. The second-order valence-corrected chi connectivity index (χ2v) is 4.70. The zero-order valence-electron chi connectivity index (χ0n) is 8.82. The molecule has 0 aromatic carbocycles. The second kappa shape index (κ2) is 4.95. The molecule has 1 aromatic rings. The molecule has 0 saturated heterocycles. The third-order valence-corrected chi connectivity index (χ3v) is 3.58. The highest BCUT2D eigenvalue weighted by Crippen LogP contribution is 2.34. The van der Waals surface area contributed by atoms with Crippen LogP contribution in [0.1, 0.15) is 43.8 Å². The first-order valence-electron chi connectivity index (χ1n) is 5.65. The molecule has 2 nitrogen and oxygen atoms in total. The van der Waals surface area contributed by atoms with Gasteiger partial charge in [0.25, 0.3) is 0 Å². The summed E-state index contributed by atoms with van der Waals surface area (Å²) >= 11 is 6.10. The van der Waals surface area contributed by atoms with E-state index in [0.29, 0.717) is 10.9 Å². The van der Waals surface area contributed by atoms with Gasteiger partial charge in [-0.25, -0.2) is 0 Å².